The molecule has 0 aliphatic rings. The SMILES string of the molecule is O=C(C#Cc1ccc(C(F)(F)F)cc1)Nc1ccccc1Oc1cccc(C(=O)O)c1. The van der Waals surface area contributed by atoms with E-state index in [1.54, 1.807) is 30.3 Å². The number of hydrogen-bond acceptors (Lipinski definition) is 3. The maximum Gasteiger partial charge on any atom is 0.416 e. The summed E-state index contributed by atoms with van der Waals surface area (Å²) >= 11 is 0. The van der Waals surface area contributed by atoms with Gasteiger partial charge in [0.05, 0.1) is 16.8 Å². The van der Waals surface area contributed by atoms with E-state index in [1.807, 2.05) is 0 Å². The maximum absolute atomic E-state index is 12.6. The van der Waals surface area contributed by atoms with E-state index in [1.165, 1.54) is 30.3 Å². The third-order valence-corrected chi connectivity index (χ3v) is 3.98. The number of anilines is 1. The summed E-state index contributed by atoms with van der Waals surface area (Å²) in [6.45, 7) is 0. The molecule has 0 heterocycles. The van der Waals surface area contributed by atoms with Crippen molar-refractivity contribution < 1.29 is 32.6 Å². The molecule has 3 aromatic carbocycles. The van der Waals surface area contributed by atoms with Gasteiger partial charge in [0.2, 0.25) is 0 Å². The number of para-hydroxylation sites is 2. The number of hydrogen-bond donors (Lipinski definition) is 2. The number of rotatable bonds is 4. The summed E-state index contributed by atoms with van der Waals surface area (Å²) < 4.78 is 43.4. The summed E-state index contributed by atoms with van der Waals surface area (Å²) in [4.78, 5) is 23.3. The molecule has 0 unspecified atom stereocenters. The number of carbonyl (C=O) groups is 2. The lowest BCUT2D eigenvalue weighted by atomic mass is 10.1. The Kier molecular flexibility index (Phi) is 6.26. The molecule has 3 rings (SSSR count). The largest absolute Gasteiger partial charge is 0.478 e. The second-order valence-electron chi connectivity index (χ2n) is 6.21. The van der Waals surface area contributed by atoms with Crippen molar-refractivity contribution in [3.63, 3.8) is 0 Å². The van der Waals surface area contributed by atoms with Crippen LogP contribution in [0, 0.1) is 11.8 Å². The van der Waals surface area contributed by atoms with Crippen LogP contribution in [0.4, 0.5) is 18.9 Å². The molecular weight excluding hydrogens is 411 g/mol. The Morgan fingerprint density at radius 3 is 2.32 bits per heavy atom. The first-order valence-corrected chi connectivity index (χ1v) is 8.83. The van der Waals surface area contributed by atoms with Gasteiger partial charge < -0.3 is 15.2 Å². The summed E-state index contributed by atoms with van der Waals surface area (Å²) in [5.41, 5.74) is -0.227. The lowest BCUT2D eigenvalue weighted by Gasteiger charge is -2.11. The smallest absolute Gasteiger partial charge is 0.416 e. The molecule has 2 N–H and O–H groups in total. The average Bonchev–Trinajstić information content (AvgIpc) is 2.73. The molecule has 156 valence electrons. The Labute approximate surface area is 175 Å². The monoisotopic (exact) mass is 425 g/mol. The number of amides is 1. The van der Waals surface area contributed by atoms with Crippen LogP contribution in [0.2, 0.25) is 0 Å². The van der Waals surface area contributed by atoms with Crippen molar-refractivity contribution in [1.82, 2.24) is 0 Å². The molecule has 0 atom stereocenters. The van der Waals surface area contributed by atoms with E-state index >= 15 is 0 Å². The minimum absolute atomic E-state index is 0.0430. The molecule has 0 aliphatic carbocycles. The number of benzene rings is 3. The fourth-order valence-electron chi connectivity index (χ4n) is 2.50. The zero-order chi connectivity index (χ0) is 22.4. The fraction of sp³-hybridized carbons (Fsp3) is 0.0435. The number of nitrogens with one attached hydrogen (secondary N) is 1. The molecule has 0 radical (unpaired) electrons. The molecule has 3 aromatic rings. The van der Waals surface area contributed by atoms with E-state index in [4.69, 9.17) is 9.84 Å². The van der Waals surface area contributed by atoms with Gasteiger partial charge in [0, 0.05) is 11.5 Å². The van der Waals surface area contributed by atoms with Crippen LogP contribution in [0.5, 0.6) is 11.5 Å². The Hall–Kier alpha value is -4.25. The highest BCUT2D eigenvalue weighted by atomic mass is 19.4. The third kappa shape index (κ3) is 5.87. The number of carboxylic acids is 1. The van der Waals surface area contributed by atoms with Crippen LogP contribution < -0.4 is 10.1 Å². The van der Waals surface area contributed by atoms with E-state index in [9.17, 15) is 22.8 Å². The molecule has 31 heavy (non-hydrogen) atoms. The highest BCUT2D eigenvalue weighted by Gasteiger charge is 2.29. The first-order chi connectivity index (χ1) is 14.7. The third-order valence-electron chi connectivity index (χ3n) is 3.98. The van der Waals surface area contributed by atoms with E-state index in [-0.39, 0.29) is 28.3 Å². The number of alkyl halides is 3. The summed E-state index contributed by atoms with van der Waals surface area (Å²) in [5.74, 6) is 3.52. The minimum atomic E-state index is -4.45. The van der Waals surface area contributed by atoms with Gasteiger partial charge in [-0.3, -0.25) is 4.79 Å². The number of carboxylic acid groups (broad SMARTS) is 1. The van der Waals surface area contributed by atoms with Gasteiger partial charge in [-0.05, 0) is 54.6 Å². The highest BCUT2D eigenvalue weighted by Crippen LogP contribution is 2.30. The molecule has 0 fully saturated rings. The molecule has 0 aromatic heterocycles. The molecule has 0 aliphatic heterocycles. The normalized spacial score (nSPS) is 10.5. The Bertz CT molecular complexity index is 1180. The van der Waals surface area contributed by atoms with Crippen molar-refractivity contribution in [2.45, 2.75) is 6.18 Å². The van der Waals surface area contributed by atoms with E-state index in [0.29, 0.717) is 0 Å². The molecule has 0 spiro atoms. The van der Waals surface area contributed by atoms with Crippen molar-refractivity contribution in [3.8, 4) is 23.3 Å². The van der Waals surface area contributed by atoms with Gasteiger partial charge in [-0.1, -0.05) is 24.1 Å². The van der Waals surface area contributed by atoms with Crippen LogP contribution in [0.15, 0.2) is 72.8 Å². The van der Waals surface area contributed by atoms with Gasteiger partial charge in [0.1, 0.15) is 5.75 Å². The zero-order valence-electron chi connectivity index (χ0n) is 15.7. The first kappa shape index (κ1) is 21.5. The van der Waals surface area contributed by atoms with E-state index in [2.05, 4.69) is 17.2 Å². The van der Waals surface area contributed by atoms with Gasteiger partial charge in [-0.25, -0.2) is 4.79 Å². The van der Waals surface area contributed by atoms with Gasteiger partial charge in [-0.15, -0.1) is 0 Å². The summed E-state index contributed by atoms with van der Waals surface area (Å²) in [5, 5.41) is 11.6. The van der Waals surface area contributed by atoms with Crippen LogP contribution in [0.1, 0.15) is 21.5 Å². The van der Waals surface area contributed by atoms with Crippen LogP contribution >= 0.6 is 0 Å². The van der Waals surface area contributed by atoms with Crippen LogP contribution in [-0.2, 0) is 11.0 Å². The predicted octanol–water partition coefficient (Wildman–Crippen LogP) is 5.19. The maximum atomic E-state index is 12.6. The molecule has 0 saturated carbocycles. The fourth-order valence-corrected chi connectivity index (χ4v) is 2.50. The molecule has 5 nitrogen and oxygen atoms in total. The zero-order valence-corrected chi connectivity index (χ0v) is 15.7. The summed E-state index contributed by atoms with van der Waals surface area (Å²) in [6, 6.07) is 16.4. The van der Waals surface area contributed by atoms with E-state index in [0.717, 1.165) is 12.1 Å². The Morgan fingerprint density at radius 2 is 1.65 bits per heavy atom. The molecule has 8 heteroatoms. The second-order valence-corrected chi connectivity index (χ2v) is 6.21. The number of carbonyl (C=O) groups excluding carboxylic acids is 1. The van der Waals surface area contributed by atoms with Crippen LogP contribution in [0.25, 0.3) is 0 Å². The Morgan fingerprint density at radius 1 is 0.935 bits per heavy atom. The van der Waals surface area contributed by atoms with E-state index < -0.39 is 23.6 Å². The first-order valence-electron chi connectivity index (χ1n) is 8.83. The number of ether oxygens (including phenoxy) is 1. The van der Waals surface area contributed by atoms with Crippen molar-refractivity contribution in [2.75, 3.05) is 5.32 Å². The molecular formula is C23H14F3NO4. The minimum Gasteiger partial charge on any atom is -0.478 e. The highest BCUT2D eigenvalue weighted by molar-refractivity contribution is 6.05. The topological polar surface area (TPSA) is 75.6 Å². The van der Waals surface area contributed by atoms with Gasteiger partial charge >= 0.3 is 18.1 Å². The lowest BCUT2D eigenvalue weighted by Crippen LogP contribution is -2.09. The van der Waals surface area contributed by atoms with Crippen LogP contribution in [-0.4, -0.2) is 17.0 Å². The van der Waals surface area contributed by atoms with Crippen molar-refractivity contribution >= 4 is 17.6 Å². The van der Waals surface area contributed by atoms with Crippen molar-refractivity contribution in [2.24, 2.45) is 0 Å². The predicted molar refractivity (Wildman–Crippen MR) is 107 cm³/mol. The van der Waals surface area contributed by atoms with Crippen molar-refractivity contribution in [1.29, 1.82) is 0 Å². The molecule has 0 bridgehead atoms. The van der Waals surface area contributed by atoms with Crippen molar-refractivity contribution in [3.05, 3.63) is 89.5 Å². The second kappa shape index (κ2) is 9.05. The standard InChI is InChI=1S/C23H14F3NO4/c24-23(25,26)17-11-8-15(9-12-17)10-13-21(28)27-19-6-1-2-7-20(19)31-18-5-3-4-16(14-18)22(29)30/h1-9,11-12,14H,(H,27,28)(H,29,30). The number of aromatic carboxylic acids is 1. The lowest BCUT2D eigenvalue weighted by molar-refractivity contribution is -0.137. The van der Waals surface area contributed by atoms with Gasteiger partial charge in [-0.2, -0.15) is 13.2 Å². The van der Waals surface area contributed by atoms with Gasteiger partial charge in [0.15, 0.2) is 5.75 Å². The summed E-state index contributed by atoms with van der Waals surface area (Å²) in [6.07, 6.45) is -4.45. The van der Waals surface area contributed by atoms with Crippen LogP contribution in [0.3, 0.4) is 0 Å². The average molecular weight is 425 g/mol. The number of halogens is 3. The Balaban J connectivity index is 1.73. The summed E-state index contributed by atoms with van der Waals surface area (Å²) in [7, 11) is 0. The quantitative estimate of drug-likeness (QED) is 0.565. The molecule has 0 saturated heterocycles. The molecule has 1 amide bonds. The van der Waals surface area contributed by atoms with Gasteiger partial charge in [0.25, 0.3) is 0 Å².